The number of carbonyl (C=O) groups excluding carboxylic acids is 1. The first-order chi connectivity index (χ1) is 14.5. The molecule has 1 unspecified atom stereocenters. The summed E-state index contributed by atoms with van der Waals surface area (Å²) in [6.07, 6.45) is 0.552. The third-order valence-electron chi connectivity index (χ3n) is 5.29. The van der Waals surface area contributed by atoms with Gasteiger partial charge in [0.05, 0.1) is 36.8 Å². The van der Waals surface area contributed by atoms with Gasteiger partial charge in [0.1, 0.15) is 18.1 Å². The fraction of sp³-hybridized carbons (Fsp3) is 0.381. The molecule has 0 spiro atoms. The normalized spacial score (nSPS) is 19.4. The first-order valence-corrected chi connectivity index (χ1v) is 11.2. The van der Waals surface area contributed by atoms with Crippen molar-refractivity contribution in [3.8, 4) is 11.5 Å². The van der Waals surface area contributed by atoms with Gasteiger partial charge in [-0.1, -0.05) is 18.2 Å². The number of nitrogens with zero attached hydrogens (tertiary/aromatic N) is 1. The number of para-hydroxylation sites is 1. The molecular formula is C21H24N2O6S. The first-order valence-electron chi connectivity index (χ1n) is 9.76. The van der Waals surface area contributed by atoms with E-state index in [2.05, 4.69) is 5.32 Å². The topological polar surface area (TPSA) is 94.2 Å². The van der Waals surface area contributed by atoms with E-state index in [4.69, 9.17) is 14.2 Å². The quantitative estimate of drug-likeness (QED) is 0.776. The number of morpholine rings is 1. The van der Waals surface area contributed by atoms with E-state index < -0.39 is 10.0 Å². The van der Waals surface area contributed by atoms with Gasteiger partial charge in [-0.2, -0.15) is 4.31 Å². The molecule has 1 saturated heterocycles. The fourth-order valence-corrected chi connectivity index (χ4v) is 5.05. The van der Waals surface area contributed by atoms with Crippen molar-refractivity contribution in [1.29, 1.82) is 0 Å². The molecule has 2 aliphatic heterocycles. The molecule has 1 N–H and O–H groups in total. The average Bonchev–Trinajstić information content (AvgIpc) is 2.79. The SMILES string of the molecule is COc1ccc(S(=O)(=O)N2CCOCC2)cc1NC(=O)C1COc2ccccc2C1. The molecule has 30 heavy (non-hydrogen) atoms. The van der Waals surface area contributed by atoms with Gasteiger partial charge in [-0.15, -0.1) is 0 Å². The van der Waals surface area contributed by atoms with Crippen LogP contribution in [0.4, 0.5) is 5.69 Å². The van der Waals surface area contributed by atoms with Crippen LogP contribution < -0.4 is 14.8 Å². The summed E-state index contributed by atoms with van der Waals surface area (Å²) in [6, 6.07) is 12.1. The van der Waals surface area contributed by atoms with E-state index >= 15 is 0 Å². The number of carbonyl (C=O) groups is 1. The van der Waals surface area contributed by atoms with E-state index in [0.29, 0.717) is 44.2 Å². The van der Waals surface area contributed by atoms with E-state index in [1.165, 1.54) is 23.5 Å². The van der Waals surface area contributed by atoms with Crippen molar-refractivity contribution >= 4 is 21.6 Å². The largest absolute Gasteiger partial charge is 0.495 e. The highest BCUT2D eigenvalue weighted by molar-refractivity contribution is 7.89. The maximum absolute atomic E-state index is 13.0. The van der Waals surface area contributed by atoms with Crippen LogP contribution in [0, 0.1) is 5.92 Å². The first kappa shape index (κ1) is 20.6. The minimum absolute atomic E-state index is 0.103. The van der Waals surface area contributed by atoms with Gasteiger partial charge in [0.2, 0.25) is 15.9 Å². The summed E-state index contributed by atoms with van der Waals surface area (Å²) < 4.78 is 43.6. The Bertz CT molecular complexity index is 1030. The minimum atomic E-state index is -3.69. The molecule has 0 saturated carbocycles. The van der Waals surface area contributed by atoms with Gasteiger partial charge in [-0.3, -0.25) is 4.79 Å². The van der Waals surface area contributed by atoms with Gasteiger partial charge >= 0.3 is 0 Å². The molecule has 2 aromatic carbocycles. The van der Waals surface area contributed by atoms with Crippen LogP contribution in [-0.4, -0.2) is 58.7 Å². The molecule has 0 aromatic heterocycles. The standard InChI is InChI=1S/C21H24N2O6S/c1-27-20-7-6-17(30(25,26)23-8-10-28-11-9-23)13-18(20)22-21(24)16-12-15-4-2-3-5-19(15)29-14-16/h2-7,13,16H,8-12,14H2,1H3,(H,22,24). The number of methoxy groups -OCH3 is 1. The minimum Gasteiger partial charge on any atom is -0.495 e. The smallest absolute Gasteiger partial charge is 0.243 e. The van der Waals surface area contributed by atoms with Gasteiger partial charge in [-0.25, -0.2) is 8.42 Å². The average molecular weight is 432 g/mol. The van der Waals surface area contributed by atoms with Crippen LogP contribution in [0.15, 0.2) is 47.4 Å². The van der Waals surface area contributed by atoms with Gasteiger partial charge in [0.15, 0.2) is 0 Å². The maximum atomic E-state index is 13.0. The number of benzene rings is 2. The van der Waals surface area contributed by atoms with Crippen molar-refractivity contribution in [1.82, 2.24) is 4.31 Å². The summed E-state index contributed by atoms with van der Waals surface area (Å²) in [4.78, 5) is 13.0. The summed E-state index contributed by atoms with van der Waals surface area (Å²) in [5, 5.41) is 2.83. The van der Waals surface area contributed by atoms with Crippen LogP contribution in [0.2, 0.25) is 0 Å². The van der Waals surface area contributed by atoms with Crippen LogP contribution in [0.25, 0.3) is 0 Å². The predicted molar refractivity (Wildman–Crippen MR) is 110 cm³/mol. The molecule has 1 fully saturated rings. The second-order valence-corrected chi connectivity index (χ2v) is 9.13. The highest BCUT2D eigenvalue weighted by Gasteiger charge is 2.29. The Morgan fingerprint density at radius 1 is 1.17 bits per heavy atom. The molecule has 2 aromatic rings. The Hall–Kier alpha value is -2.62. The van der Waals surface area contributed by atoms with Crippen LogP contribution in [0.1, 0.15) is 5.56 Å². The van der Waals surface area contributed by atoms with Crippen LogP contribution in [0.3, 0.4) is 0 Å². The summed E-state index contributed by atoms with van der Waals surface area (Å²) in [5.41, 5.74) is 1.29. The molecule has 9 heteroatoms. The Balaban J connectivity index is 1.55. The molecule has 4 rings (SSSR count). The zero-order chi connectivity index (χ0) is 21.1. The van der Waals surface area contributed by atoms with Crippen molar-refractivity contribution in [3.63, 3.8) is 0 Å². The lowest BCUT2D eigenvalue weighted by Crippen LogP contribution is -2.40. The lowest BCUT2D eigenvalue weighted by Gasteiger charge is -2.27. The van der Waals surface area contributed by atoms with Crippen molar-refractivity contribution in [2.24, 2.45) is 5.92 Å². The van der Waals surface area contributed by atoms with Crippen molar-refractivity contribution < 1.29 is 27.4 Å². The number of ether oxygens (including phenoxy) is 3. The zero-order valence-electron chi connectivity index (χ0n) is 16.7. The number of fused-ring (bicyclic) bond motifs is 1. The van der Waals surface area contributed by atoms with Crippen molar-refractivity contribution in [3.05, 3.63) is 48.0 Å². The second kappa shape index (κ2) is 8.63. The Morgan fingerprint density at radius 2 is 1.93 bits per heavy atom. The summed E-state index contributed by atoms with van der Waals surface area (Å²) in [6.45, 7) is 1.59. The summed E-state index contributed by atoms with van der Waals surface area (Å²) >= 11 is 0. The number of sulfonamides is 1. The van der Waals surface area contributed by atoms with E-state index in [0.717, 1.165) is 11.3 Å². The van der Waals surface area contributed by atoms with Gasteiger partial charge in [-0.05, 0) is 36.2 Å². The maximum Gasteiger partial charge on any atom is 0.243 e. The van der Waals surface area contributed by atoms with Gasteiger partial charge < -0.3 is 19.5 Å². The molecule has 2 aliphatic rings. The molecule has 0 bridgehead atoms. The highest BCUT2D eigenvalue weighted by atomic mass is 32.2. The van der Waals surface area contributed by atoms with Gasteiger partial charge in [0, 0.05) is 13.1 Å². The third-order valence-corrected chi connectivity index (χ3v) is 7.18. The molecule has 1 amide bonds. The zero-order valence-corrected chi connectivity index (χ0v) is 17.5. The lowest BCUT2D eigenvalue weighted by atomic mass is 9.96. The molecule has 1 atom stereocenters. The van der Waals surface area contributed by atoms with Gasteiger partial charge in [0.25, 0.3) is 0 Å². The summed E-state index contributed by atoms with van der Waals surface area (Å²) in [5.74, 6) is 0.548. The molecular weight excluding hydrogens is 408 g/mol. The fourth-order valence-electron chi connectivity index (χ4n) is 3.61. The highest BCUT2D eigenvalue weighted by Crippen LogP contribution is 2.31. The molecule has 2 heterocycles. The second-order valence-electron chi connectivity index (χ2n) is 7.19. The van der Waals surface area contributed by atoms with Crippen molar-refractivity contribution in [2.45, 2.75) is 11.3 Å². The number of hydrogen-bond acceptors (Lipinski definition) is 6. The number of amides is 1. The predicted octanol–water partition coefficient (Wildman–Crippen LogP) is 1.91. The molecule has 8 nitrogen and oxygen atoms in total. The number of rotatable bonds is 5. The van der Waals surface area contributed by atoms with Crippen LogP contribution >= 0.6 is 0 Å². The van der Waals surface area contributed by atoms with E-state index in [-0.39, 0.29) is 23.3 Å². The Kier molecular flexibility index (Phi) is 5.94. The Morgan fingerprint density at radius 3 is 2.70 bits per heavy atom. The Labute approximate surface area is 175 Å². The van der Waals surface area contributed by atoms with E-state index in [9.17, 15) is 13.2 Å². The summed E-state index contributed by atoms with van der Waals surface area (Å²) in [7, 11) is -2.22. The number of hydrogen-bond donors (Lipinski definition) is 1. The van der Waals surface area contributed by atoms with Crippen LogP contribution in [-0.2, 0) is 26.0 Å². The number of anilines is 1. The van der Waals surface area contributed by atoms with E-state index in [1.807, 2.05) is 24.3 Å². The van der Waals surface area contributed by atoms with Crippen molar-refractivity contribution in [2.75, 3.05) is 45.3 Å². The molecule has 160 valence electrons. The number of nitrogens with one attached hydrogen (secondary N) is 1. The molecule has 0 aliphatic carbocycles. The third kappa shape index (κ3) is 4.14. The van der Waals surface area contributed by atoms with Crippen LogP contribution in [0.5, 0.6) is 11.5 Å². The molecule has 0 radical (unpaired) electrons. The monoisotopic (exact) mass is 432 g/mol. The van der Waals surface area contributed by atoms with E-state index in [1.54, 1.807) is 6.07 Å². The lowest BCUT2D eigenvalue weighted by molar-refractivity contribution is -0.121.